The average Bonchev–Trinajstić information content (AvgIpc) is 2.72. The summed E-state index contributed by atoms with van der Waals surface area (Å²) < 4.78 is 28.9. The van der Waals surface area contributed by atoms with E-state index in [-0.39, 0.29) is 10.8 Å². The molecule has 0 aliphatic rings. The number of amides is 1. The second kappa shape index (κ2) is 8.96. The molecule has 0 aliphatic heterocycles. The number of carbonyl (C=O) groups excluding carboxylic acids is 1. The van der Waals surface area contributed by atoms with Gasteiger partial charge in [0, 0.05) is 24.5 Å². The lowest BCUT2D eigenvalue weighted by Gasteiger charge is -2.16. The lowest BCUT2D eigenvalue weighted by molar-refractivity contribution is -0.116. The maximum Gasteiger partial charge on any atom is 0.262 e. The standard InChI is InChI=1S/C22H25N3O3S/c1-3-4-12-22(26)24-20-15-17(23-2)13-14-19(20)25-29(27,28)21-11-7-9-16-8-5-6-10-18(16)21/h5-11,13-15,23,25H,3-4,12H2,1-2H3,(H,24,26). The van der Waals surface area contributed by atoms with Gasteiger partial charge in [0.05, 0.1) is 16.3 Å². The van der Waals surface area contributed by atoms with Crippen LogP contribution in [0.3, 0.4) is 0 Å². The van der Waals surface area contributed by atoms with Crippen LogP contribution in [0.15, 0.2) is 65.6 Å². The Morgan fingerprint density at radius 1 is 0.966 bits per heavy atom. The minimum absolute atomic E-state index is 0.147. The summed E-state index contributed by atoms with van der Waals surface area (Å²) in [6.45, 7) is 2.01. The van der Waals surface area contributed by atoms with Gasteiger partial charge in [-0.05, 0) is 36.1 Å². The monoisotopic (exact) mass is 411 g/mol. The molecular formula is C22H25N3O3S. The maximum atomic E-state index is 13.1. The molecule has 0 bridgehead atoms. The number of carbonyl (C=O) groups is 1. The Balaban J connectivity index is 1.96. The van der Waals surface area contributed by atoms with Crippen LogP contribution in [-0.2, 0) is 14.8 Å². The minimum atomic E-state index is -3.86. The van der Waals surface area contributed by atoms with Crippen molar-refractivity contribution in [2.75, 3.05) is 22.4 Å². The lowest BCUT2D eigenvalue weighted by atomic mass is 10.1. The first-order valence-electron chi connectivity index (χ1n) is 9.57. The van der Waals surface area contributed by atoms with Crippen LogP contribution in [-0.4, -0.2) is 21.4 Å². The van der Waals surface area contributed by atoms with E-state index in [2.05, 4.69) is 15.4 Å². The molecule has 7 heteroatoms. The number of anilines is 3. The van der Waals surface area contributed by atoms with Crippen molar-refractivity contribution in [3.8, 4) is 0 Å². The molecule has 29 heavy (non-hydrogen) atoms. The molecule has 3 aromatic rings. The van der Waals surface area contributed by atoms with E-state index in [1.807, 2.05) is 31.2 Å². The van der Waals surface area contributed by atoms with Crippen LogP contribution in [0.1, 0.15) is 26.2 Å². The van der Waals surface area contributed by atoms with Crippen molar-refractivity contribution in [2.45, 2.75) is 31.1 Å². The van der Waals surface area contributed by atoms with Crippen molar-refractivity contribution in [3.05, 3.63) is 60.7 Å². The Bertz CT molecular complexity index is 1120. The zero-order chi connectivity index (χ0) is 20.9. The number of sulfonamides is 1. The quantitative estimate of drug-likeness (QED) is 0.496. The fourth-order valence-corrected chi connectivity index (χ4v) is 4.38. The SMILES string of the molecule is CCCCC(=O)Nc1cc(NC)ccc1NS(=O)(=O)c1cccc2ccccc12. The Labute approximate surface area is 171 Å². The molecule has 0 heterocycles. The van der Waals surface area contributed by atoms with E-state index >= 15 is 0 Å². The summed E-state index contributed by atoms with van der Waals surface area (Å²) in [4.78, 5) is 12.4. The molecule has 3 aromatic carbocycles. The van der Waals surface area contributed by atoms with Gasteiger partial charge in [-0.2, -0.15) is 0 Å². The number of benzene rings is 3. The first-order valence-corrected chi connectivity index (χ1v) is 11.0. The molecule has 6 nitrogen and oxygen atoms in total. The Kier molecular flexibility index (Phi) is 6.39. The fourth-order valence-electron chi connectivity index (χ4n) is 3.07. The van der Waals surface area contributed by atoms with Gasteiger partial charge in [0.1, 0.15) is 0 Å². The van der Waals surface area contributed by atoms with Gasteiger partial charge in [0.2, 0.25) is 5.91 Å². The third-order valence-electron chi connectivity index (χ3n) is 4.62. The van der Waals surface area contributed by atoms with E-state index in [1.54, 1.807) is 43.4 Å². The van der Waals surface area contributed by atoms with Crippen LogP contribution < -0.4 is 15.4 Å². The van der Waals surface area contributed by atoms with Gasteiger partial charge >= 0.3 is 0 Å². The fraction of sp³-hybridized carbons (Fsp3) is 0.227. The molecule has 3 rings (SSSR count). The predicted molar refractivity (Wildman–Crippen MR) is 119 cm³/mol. The maximum absolute atomic E-state index is 13.1. The normalized spacial score (nSPS) is 11.2. The number of hydrogen-bond donors (Lipinski definition) is 3. The summed E-state index contributed by atoms with van der Waals surface area (Å²) in [7, 11) is -2.09. The zero-order valence-electron chi connectivity index (χ0n) is 16.5. The van der Waals surface area contributed by atoms with Crippen molar-refractivity contribution in [2.24, 2.45) is 0 Å². The molecule has 0 aliphatic carbocycles. The molecule has 0 fully saturated rings. The number of hydrogen-bond acceptors (Lipinski definition) is 4. The van der Waals surface area contributed by atoms with Gasteiger partial charge in [-0.25, -0.2) is 8.42 Å². The molecule has 0 unspecified atom stereocenters. The second-order valence-electron chi connectivity index (χ2n) is 6.74. The van der Waals surface area contributed by atoms with Crippen LogP contribution in [0.4, 0.5) is 17.1 Å². The summed E-state index contributed by atoms with van der Waals surface area (Å²) in [5.41, 5.74) is 1.51. The number of rotatable bonds is 8. The molecule has 0 atom stereocenters. The molecule has 152 valence electrons. The number of fused-ring (bicyclic) bond motifs is 1. The highest BCUT2D eigenvalue weighted by atomic mass is 32.2. The van der Waals surface area contributed by atoms with E-state index in [0.29, 0.717) is 23.2 Å². The molecule has 0 saturated heterocycles. The third kappa shape index (κ3) is 4.86. The summed E-state index contributed by atoms with van der Waals surface area (Å²) in [6, 6.07) is 17.6. The van der Waals surface area contributed by atoms with Crippen LogP contribution in [0.5, 0.6) is 0 Å². The number of unbranched alkanes of at least 4 members (excludes halogenated alkanes) is 1. The van der Waals surface area contributed by atoms with Crippen LogP contribution >= 0.6 is 0 Å². The summed E-state index contributed by atoms with van der Waals surface area (Å²) >= 11 is 0. The van der Waals surface area contributed by atoms with Crippen molar-refractivity contribution in [1.29, 1.82) is 0 Å². The first kappa shape index (κ1) is 20.7. The van der Waals surface area contributed by atoms with Gasteiger partial charge < -0.3 is 10.6 Å². The van der Waals surface area contributed by atoms with E-state index < -0.39 is 10.0 Å². The highest BCUT2D eigenvalue weighted by Crippen LogP contribution is 2.30. The molecule has 3 N–H and O–H groups in total. The molecule has 0 radical (unpaired) electrons. The van der Waals surface area contributed by atoms with E-state index in [1.165, 1.54) is 0 Å². The highest BCUT2D eigenvalue weighted by molar-refractivity contribution is 7.93. The van der Waals surface area contributed by atoms with Crippen molar-refractivity contribution < 1.29 is 13.2 Å². The second-order valence-corrected chi connectivity index (χ2v) is 8.40. The molecule has 0 spiro atoms. The highest BCUT2D eigenvalue weighted by Gasteiger charge is 2.19. The average molecular weight is 412 g/mol. The van der Waals surface area contributed by atoms with E-state index in [9.17, 15) is 13.2 Å². The van der Waals surface area contributed by atoms with Crippen LogP contribution in [0, 0.1) is 0 Å². The van der Waals surface area contributed by atoms with Crippen LogP contribution in [0.25, 0.3) is 10.8 Å². The molecule has 0 saturated carbocycles. The van der Waals surface area contributed by atoms with Gasteiger partial charge in [-0.1, -0.05) is 49.7 Å². The molecular weight excluding hydrogens is 386 g/mol. The zero-order valence-corrected chi connectivity index (χ0v) is 17.3. The van der Waals surface area contributed by atoms with E-state index in [0.717, 1.165) is 23.9 Å². The smallest absolute Gasteiger partial charge is 0.262 e. The number of nitrogens with one attached hydrogen (secondary N) is 3. The summed E-state index contributed by atoms with van der Waals surface area (Å²) in [5.74, 6) is -0.147. The lowest BCUT2D eigenvalue weighted by Crippen LogP contribution is -2.17. The van der Waals surface area contributed by atoms with Gasteiger partial charge in [0.25, 0.3) is 10.0 Å². The van der Waals surface area contributed by atoms with Crippen molar-refractivity contribution >= 4 is 43.8 Å². The van der Waals surface area contributed by atoms with Crippen LogP contribution in [0.2, 0.25) is 0 Å². The summed E-state index contributed by atoms with van der Waals surface area (Å²) in [5, 5.41) is 7.31. The largest absolute Gasteiger partial charge is 0.388 e. The predicted octanol–water partition coefficient (Wildman–Crippen LogP) is 4.81. The van der Waals surface area contributed by atoms with Crippen molar-refractivity contribution in [1.82, 2.24) is 0 Å². The van der Waals surface area contributed by atoms with Gasteiger partial charge in [0.15, 0.2) is 0 Å². The van der Waals surface area contributed by atoms with E-state index in [4.69, 9.17) is 0 Å². The Morgan fingerprint density at radius 2 is 1.72 bits per heavy atom. The molecule has 1 amide bonds. The minimum Gasteiger partial charge on any atom is -0.388 e. The molecule has 0 aromatic heterocycles. The Morgan fingerprint density at radius 3 is 2.48 bits per heavy atom. The first-order chi connectivity index (χ1) is 13.9. The summed E-state index contributed by atoms with van der Waals surface area (Å²) in [6.07, 6.45) is 2.06. The van der Waals surface area contributed by atoms with Crippen molar-refractivity contribution in [3.63, 3.8) is 0 Å². The Hall–Kier alpha value is -3.06. The van der Waals surface area contributed by atoms with Gasteiger partial charge in [-0.3, -0.25) is 9.52 Å². The van der Waals surface area contributed by atoms with Gasteiger partial charge in [-0.15, -0.1) is 0 Å². The third-order valence-corrected chi connectivity index (χ3v) is 6.05. The topological polar surface area (TPSA) is 87.3 Å².